The van der Waals surface area contributed by atoms with E-state index >= 15 is 0 Å². The summed E-state index contributed by atoms with van der Waals surface area (Å²) in [4.78, 5) is 10.9. The van der Waals surface area contributed by atoms with Crippen molar-refractivity contribution >= 4 is 5.91 Å². The lowest BCUT2D eigenvalue weighted by atomic mass is 10.1. The highest BCUT2D eigenvalue weighted by molar-refractivity contribution is 5.93. The lowest BCUT2D eigenvalue weighted by Gasteiger charge is -2.10. The number of hydrogen-bond donors (Lipinski definition) is 1. The van der Waals surface area contributed by atoms with Gasteiger partial charge >= 0.3 is 0 Å². The minimum Gasteiger partial charge on any atom is -0.492 e. The average Bonchev–Trinajstić information content (AvgIpc) is 2.25. The first kappa shape index (κ1) is 12.1. The second-order valence-corrected chi connectivity index (χ2v) is 3.89. The summed E-state index contributed by atoms with van der Waals surface area (Å²) < 4.78 is 5.45. The Morgan fingerprint density at radius 2 is 2.25 bits per heavy atom. The van der Waals surface area contributed by atoms with E-state index in [-0.39, 0.29) is 0 Å². The molecule has 0 radical (unpaired) electrons. The van der Waals surface area contributed by atoms with Crippen molar-refractivity contribution < 1.29 is 9.53 Å². The molecule has 0 aromatic heterocycles. The number of benzene rings is 1. The van der Waals surface area contributed by atoms with Gasteiger partial charge in [0.15, 0.2) is 0 Å². The Labute approximate surface area is 94.6 Å². The first-order valence-corrected chi connectivity index (χ1v) is 5.01. The van der Waals surface area contributed by atoms with E-state index < -0.39 is 5.91 Å². The molecule has 4 heteroatoms. The third-order valence-corrected chi connectivity index (χ3v) is 1.96. The molecule has 1 amide bonds. The average molecular weight is 218 g/mol. The normalized spacial score (nSPS) is 9.88. The topological polar surface area (TPSA) is 76.1 Å². The van der Waals surface area contributed by atoms with Crippen LogP contribution in [0, 0.1) is 17.2 Å². The van der Waals surface area contributed by atoms with Crippen molar-refractivity contribution in [2.75, 3.05) is 6.61 Å². The van der Waals surface area contributed by atoms with Gasteiger partial charge in [0.1, 0.15) is 11.8 Å². The minimum atomic E-state index is -0.549. The van der Waals surface area contributed by atoms with Crippen molar-refractivity contribution in [1.82, 2.24) is 0 Å². The molecule has 0 spiro atoms. The zero-order valence-electron chi connectivity index (χ0n) is 9.36. The number of nitrogens with zero attached hydrogens (tertiary/aromatic N) is 1. The summed E-state index contributed by atoms with van der Waals surface area (Å²) in [7, 11) is 0. The van der Waals surface area contributed by atoms with Gasteiger partial charge in [0.2, 0.25) is 5.91 Å². The molecule has 84 valence electrons. The van der Waals surface area contributed by atoms with Crippen molar-refractivity contribution in [3.05, 3.63) is 29.3 Å². The number of primary amides is 1. The Balaban J connectivity index is 2.94. The molecule has 0 bridgehead atoms. The van der Waals surface area contributed by atoms with Crippen LogP contribution < -0.4 is 10.5 Å². The molecular weight excluding hydrogens is 204 g/mol. The van der Waals surface area contributed by atoms with E-state index in [1.807, 2.05) is 19.9 Å². The van der Waals surface area contributed by atoms with Gasteiger partial charge in [0.05, 0.1) is 12.2 Å². The first-order valence-electron chi connectivity index (χ1n) is 5.01. The Kier molecular flexibility index (Phi) is 3.90. The summed E-state index contributed by atoms with van der Waals surface area (Å²) in [5.41, 5.74) is 5.76. The van der Waals surface area contributed by atoms with Crippen molar-refractivity contribution in [3.8, 4) is 11.8 Å². The number of amides is 1. The summed E-state index contributed by atoms with van der Waals surface area (Å²) in [5.74, 6) is 0.315. The van der Waals surface area contributed by atoms with Crippen LogP contribution in [0.3, 0.4) is 0 Å². The molecule has 0 saturated carbocycles. The van der Waals surface area contributed by atoms with Crippen LogP contribution in [0.15, 0.2) is 18.2 Å². The Bertz CT molecular complexity index is 433. The van der Waals surface area contributed by atoms with Crippen LogP contribution in [-0.4, -0.2) is 12.5 Å². The number of ether oxygens (including phenoxy) is 1. The molecule has 0 unspecified atom stereocenters. The highest BCUT2D eigenvalue weighted by Crippen LogP contribution is 2.19. The SMILES string of the molecule is CC(C)COc1ccc(C(N)=O)cc1C#N. The summed E-state index contributed by atoms with van der Waals surface area (Å²) in [5, 5.41) is 8.91. The van der Waals surface area contributed by atoms with Gasteiger partial charge in [-0.05, 0) is 24.1 Å². The third-order valence-electron chi connectivity index (χ3n) is 1.96. The summed E-state index contributed by atoms with van der Waals surface area (Å²) >= 11 is 0. The van der Waals surface area contributed by atoms with Crippen molar-refractivity contribution in [3.63, 3.8) is 0 Å². The lowest BCUT2D eigenvalue weighted by Crippen LogP contribution is -2.11. The summed E-state index contributed by atoms with van der Waals surface area (Å²) in [6, 6.07) is 6.58. The largest absolute Gasteiger partial charge is 0.492 e. The van der Waals surface area contributed by atoms with Gasteiger partial charge < -0.3 is 10.5 Å². The predicted molar refractivity (Wildman–Crippen MR) is 60.0 cm³/mol. The molecule has 1 rings (SSSR count). The van der Waals surface area contributed by atoms with Crippen molar-refractivity contribution in [1.29, 1.82) is 5.26 Å². The molecule has 0 aliphatic carbocycles. The molecular formula is C12H14N2O2. The lowest BCUT2D eigenvalue weighted by molar-refractivity contribution is 0.1000. The molecule has 0 heterocycles. The number of nitrogens with two attached hydrogens (primary N) is 1. The standard InChI is InChI=1S/C12H14N2O2/c1-8(2)7-16-11-4-3-9(12(14)15)5-10(11)6-13/h3-5,8H,7H2,1-2H3,(H2,14,15). The van der Waals surface area contributed by atoms with Gasteiger partial charge in [0, 0.05) is 5.56 Å². The number of nitriles is 1. The molecule has 0 atom stereocenters. The molecule has 16 heavy (non-hydrogen) atoms. The number of carbonyl (C=O) groups is 1. The maximum Gasteiger partial charge on any atom is 0.248 e. The molecule has 0 aliphatic heterocycles. The first-order chi connectivity index (χ1) is 7.54. The highest BCUT2D eigenvalue weighted by atomic mass is 16.5. The van der Waals surface area contributed by atoms with E-state index in [4.69, 9.17) is 15.7 Å². The quantitative estimate of drug-likeness (QED) is 0.835. The van der Waals surface area contributed by atoms with Gasteiger partial charge in [-0.3, -0.25) is 4.79 Å². The second-order valence-electron chi connectivity index (χ2n) is 3.89. The predicted octanol–water partition coefficient (Wildman–Crippen LogP) is 1.69. The Morgan fingerprint density at radius 1 is 1.56 bits per heavy atom. The maximum atomic E-state index is 10.9. The molecule has 1 aromatic carbocycles. The van der Waals surface area contributed by atoms with Crippen LogP contribution in [0.2, 0.25) is 0 Å². The van der Waals surface area contributed by atoms with Gasteiger partial charge in [0.25, 0.3) is 0 Å². The van der Waals surface area contributed by atoms with Crippen LogP contribution in [0.1, 0.15) is 29.8 Å². The zero-order chi connectivity index (χ0) is 12.1. The van der Waals surface area contributed by atoms with E-state index in [1.165, 1.54) is 6.07 Å². The maximum absolute atomic E-state index is 10.9. The summed E-state index contributed by atoms with van der Waals surface area (Å²) in [6.07, 6.45) is 0. The fourth-order valence-electron chi connectivity index (χ4n) is 1.15. The number of rotatable bonds is 4. The number of hydrogen-bond acceptors (Lipinski definition) is 3. The van der Waals surface area contributed by atoms with E-state index in [0.29, 0.717) is 29.4 Å². The molecule has 0 saturated heterocycles. The zero-order valence-corrected chi connectivity index (χ0v) is 9.36. The number of carbonyl (C=O) groups excluding carboxylic acids is 1. The minimum absolute atomic E-state index is 0.313. The molecule has 1 aromatic rings. The van der Waals surface area contributed by atoms with Gasteiger partial charge in [-0.25, -0.2) is 0 Å². The van der Waals surface area contributed by atoms with Crippen LogP contribution in [0.5, 0.6) is 5.75 Å². The van der Waals surface area contributed by atoms with Crippen LogP contribution in [0.4, 0.5) is 0 Å². The second kappa shape index (κ2) is 5.17. The van der Waals surface area contributed by atoms with Gasteiger partial charge in [-0.15, -0.1) is 0 Å². The monoisotopic (exact) mass is 218 g/mol. The van der Waals surface area contributed by atoms with Gasteiger partial charge in [-0.2, -0.15) is 5.26 Å². The molecule has 0 aliphatic rings. The Hall–Kier alpha value is -2.02. The molecule has 0 fully saturated rings. The van der Waals surface area contributed by atoms with Crippen LogP contribution >= 0.6 is 0 Å². The van der Waals surface area contributed by atoms with E-state index in [2.05, 4.69) is 0 Å². The van der Waals surface area contributed by atoms with E-state index in [0.717, 1.165) is 0 Å². The van der Waals surface area contributed by atoms with Crippen LogP contribution in [0.25, 0.3) is 0 Å². The van der Waals surface area contributed by atoms with Crippen LogP contribution in [-0.2, 0) is 0 Å². The van der Waals surface area contributed by atoms with Crippen molar-refractivity contribution in [2.24, 2.45) is 11.7 Å². The molecule has 2 N–H and O–H groups in total. The van der Waals surface area contributed by atoms with Gasteiger partial charge in [-0.1, -0.05) is 13.8 Å². The van der Waals surface area contributed by atoms with Crippen molar-refractivity contribution in [2.45, 2.75) is 13.8 Å². The third kappa shape index (κ3) is 2.99. The fraction of sp³-hybridized carbons (Fsp3) is 0.333. The summed E-state index contributed by atoms with van der Waals surface area (Å²) in [6.45, 7) is 4.57. The fourth-order valence-corrected chi connectivity index (χ4v) is 1.15. The smallest absolute Gasteiger partial charge is 0.248 e. The highest BCUT2D eigenvalue weighted by Gasteiger charge is 2.08. The van der Waals surface area contributed by atoms with E-state index in [1.54, 1.807) is 12.1 Å². The Morgan fingerprint density at radius 3 is 2.75 bits per heavy atom. The van der Waals surface area contributed by atoms with E-state index in [9.17, 15) is 4.79 Å². The molecule has 4 nitrogen and oxygen atoms in total.